The Bertz CT molecular complexity index is 234. The molecule has 2 fully saturated rings. The van der Waals surface area contributed by atoms with E-state index in [1.807, 2.05) is 0 Å². The quantitative estimate of drug-likeness (QED) is 0.502. The Kier molecular flexibility index (Phi) is 1.37. The molecule has 2 aliphatic rings. The number of hydrogen-bond donors (Lipinski definition) is 0. The van der Waals surface area contributed by atoms with Gasteiger partial charge in [0.2, 0.25) is 5.91 Å². The van der Waals surface area contributed by atoms with Gasteiger partial charge in [0.05, 0.1) is 5.92 Å². The Hall–Kier alpha value is -0.530. The number of carbonyl (C=O) groups is 1. The van der Waals surface area contributed by atoms with Crippen molar-refractivity contribution in [1.82, 2.24) is 4.90 Å². The second kappa shape index (κ2) is 2.04. The molecule has 0 aromatic rings. The summed E-state index contributed by atoms with van der Waals surface area (Å²) in [5, 5.41) is 0. The number of carbonyl (C=O) groups excluding carboxylic acids is 1. The highest BCUT2D eigenvalue weighted by atomic mass is 16.2. The van der Waals surface area contributed by atoms with Crippen LogP contribution in [0.25, 0.3) is 0 Å². The van der Waals surface area contributed by atoms with Gasteiger partial charge in [-0.3, -0.25) is 4.79 Å². The number of nitrogens with zero attached hydrogens (tertiary/aromatic N) is 1. The van der Waals surface area contributed by atoms with Crippen LogP contribution >= 0.6 is 0 Å². The van der Waals surface area contributed by atoms with Crippen molar-refractivity contribution >= 4 is 5.91 Å². The molecule has 0 N–H and O–H groups in total. The smallest absolute Gasteiger partial charge is 0.228 e. The molecule has 0 saturated carbocycles. The molecule has 2 rings (SSSR count). The van der Waals surface area contributed by atoms with E-state index in [2.05, 4.69) is 32.6 Å². The van der Waals surface area contributed by atoms with Crippen LogP contribution in [0.2, 0.25) is 0 Å². The van der Waals surface area contributed by atoms with E-state index in [9.17, 15) is 4.79 Å². The van der Waals surface area contributed by atoms with Gasteiger partial charge in [-0.1, -0.05) is 20.8 Å². The molecule has 0 aromatic carbocycles. The van der Waals surface area contributed by atoms with E-state index < -0.39 is 0 Å². The first-order valence-corrected chi connectivity index (χ1v) is 4.77. The summed E-state index contributed by atoms with van der Waals surface area (Å²) < 4.78 is 0. The van der Waals surface area contributed by atoms with Crippen molar-refractivity contribution in [2.75, 3.05) is 0 Å². The standard InChI is InChI=1S/C10H17NO/c1-6-8-5-10(3,4)7(2)11(8)9(6)12/h6-8H,5H2,1-4H3. The van der Waals surface area contributed by atoms with Gasteiger partial charge in [0.15, 0.2) is 0 Å². The largest absolute Gasteiger partial charge is 0.335 e. The minimum Gasteiger partial charge on any atom is -0.335 e. The van der Waals surface area contributed by atoms with Gasteiger partial charge in [-0.05, 0) is 18.8 Å². The van der Waals surface area contributed by atoms with Gasteiger partial charge >= 0.3 is 0 Å². The van der Waals surface area contributed by atoms with Crippen LogP contribution in [0.5, 0.6) is 0 Å². The molecular weight excluding hydrogens is 150 g/mol. The zero-order valence-electron chi connectivity index (χ0n) is 8.29. The monoisotopic (exact) mass is 167 g/mol. The van der Waals surface area contributed by atoms with Crippen molar-refractivity contribution < 1.29 is 4.79 Å². The summed E-state index contributed by atoms with van der Waals surface area (Å²) in [7, 11) is 0. The summed E-state index contributed by atoms with van der Waals surface area (Å²) in [5.74, 6) is 0.646. The molecule has 2 heteroatoms. The van der Waals surface area contributed by atoms with Crippen LogP contribution in [0.4, 0.5) is 0 Å². The molecule has 0 aromatic heterocycles. The molecule has 2 nitrogen and oxygen atoms in total. The van der Waals surface area contributed by atoms with E-state index in [1.165, 1.54) is 6.42 Å². The SMILES string of the molecule is CC1C(=O)N2C1CC(C)(C)C2C. The van der Waals surface area contributed by atoms with E-state index >= 15 is 0 Å². The fourth-order valence-corrected chi connectivity index (χ4v) is 2.56. The molecule has 0 bridgehead atoms. The highest BCUT2D eigenvalue weighted by molar-refractivity contribution is 5.86. The second-order valence-electron chi connectivity index (χ2n) is 4.97. The highest BCUT2D eigenvalue weighted by Gasteiger charge is 2.56. The number of amides is 1. The lowest BCUT2D eigenvalue weighted by Crippen LogP contribution is -2.58. The molecule has 2 aliphatic heterocycles. The maximum Gasteiger partial charge on any atom is 0.228 e. The first kappa shape index (κ1) is 8.09. The number of β-lactam (4-membered cyclic amide) rings is 1. The van der Waals surface area contributed by atoms with Gasteiger partial charge < -0.3 is 4.90 Å². The van der Waals surface area contributed by atoms with Crippen LogP contribution in [0, 0.1) is 11.3 Å². The first-order valence-electron chi connectivity index (χ1n) is 4.77. The molecule has 1 amide bonds. The summed E-state index contributed by atoms with van der Waals surface area (Å²) >= 11 is 0. The number of fused-ring (bicyclic) bond motifs is 1. The maximum atomic E-state index is 11.5. The van der Waals surface area contributed by atoms with Gasteiger partial charge in [0.25, 0.3) is 0 Å². The molecule has 12 heavy (non-hydrogen) atoms. The van der Waals surface area contributed by atoms with Crippen LogP contribution < -0.4 is 0 Å². The summed E-state index contributed by atoms with van der Waals surface area (Å²) in [4.78, 5) is 13.5. The molecule has 68 valence electrons. The fraction of sp³-hybridized carbons (Fsp3) is 0.900. The molecule has 3 atom stereocenters. The van der Waals surface area contributed by atoms with Gasteiger partial charge in [-0.2, -0.15) is 0 Å². The van der Waals surface area contributed by atoms with E-state index in [-0.39, 0.29) is 5.92 Å². The van der Waals surface area contributed by atoms with Crippen molar-refractivity contribution in [2.24, 2.45) is 11.3 Å². The van der Waals surface area contributed by atoms with Crippen molar-refractivity contribution in [3.05, 3.63) is 0 Å². The fourth-order valence-electron chi connectivity index (χ4n) is 2.56. The minimum atomic E-state index is 0.286. The summed E-state index contributed by atoms with van der Waals surface area (Å²) in [6, 6.07) is 0.980. The summed E-state index contributed by atoms with van der Waals surface area (Å²) in [5.41, 5.74) is 0.324. The molecule has 0 aliphatic carbocycles. The summed E-state index contributed by atoms with van der Waals surface area (Å²) in [6.45, 7) is 8.74. The van der Waals surface area contributed by atoms with Crippen LogP contribution in [0.1, 0.15) is 34.1 Å². The normalized spacial score (nSPS) is 44.2. The van der Waals surface area contributed by atoms with Crippen LogP contribution in [-0.4, -0.2) is 22.9 Å². The maximum absolute atomic E-state index is 11.5. The highest BCUT2D eigenvalue weighted by Crippen LogP contribution is 2.48. The topological polar surface area (TPSA) is 20.3 Å². The van der Waals surface area contributed by atoms with Crippen molar-refractivity contribution in [3.63, 3.8) is 0 Å². The Labute approximate surface area is 73.9 Å². The third-order valence-corrected chi connectivity index (χ3v) is 3.86. The molecule has 3 unspecified atom stereocenters. The van der Waals surface area contributed by atoms with Gasteiger partial charge in [0, 0.05) is 12.1 Å². The lowest BCUT2D eigenvalue weighted by atomic mass is 9.83. The van der Waals surface area contributed by atoms with Gasteiger partial charge in [-0.25, -0.2) is 0 Å². The third kappa shape index (κ3) is 0.732. The lowest BCUT2D eigenvalue weighted by Gasteiger charge is -2.43. The number of hydrogen-bond acceptors (Lipinski definition) is 1. The predicted octanol–water partition coefficient (Wildman–Crippen LogP) is 1.65. The second-order valence-corrected chi connectivity index (χ2v) is 4.97. The van der Waals surface area contributed by atoms with Crippen LogP contribution in [0.3, 0.4) is 0 Å². The van der Waals surface area contributed by atoms with E-state index in [0.717, 1.165) is 0 Å². The molecule has 0 radical (unpaired) electrons. The van der Waals surface area contributed by atoms with Gasteiger partial charge in [0.1, 0.15) is 0 Å². The Morgan fingerprint density at radius 2 is 2.00 bits per heavy atom. The molecule has 2 saturated heterocycles. The van der Waals surface area contributed by atoms with Crippen LogP contribution in [0.15, 0.2) is 0 Å². The predicted molar refractivity (Wildman–Crippen MR) is 47.7 cm³/mol. The van der Waals surface area contributed by atoms with Gasteiger partial charge in [-0.15, -0.1) is 0 Å². The lowest BCUT2D eigenvalue weighted by molar-refractivity contribution is -0.154. The van der Waals surface area contributed by atoms with E-state index in [4.69, 9.17) is 0 Å². The zero-order chi connectivity index (χ0) is 9.09. The van der Waals surface area contributed by atoms with Crippen molar-refractivity contribution in [2.45, 2.75) is 46.2 Å². The Morgan fingerprint density at radius 1 is 1.42 bits per heavy atom. The average Bonchev–Trinajstić information content (AvgIpc) is 2.21. The first-order chi connectivity index (χ1) is 5.45. The Morgan fingerprint density at radius 3 is 2.50 bits per heavy atom. The molecule has 0 spiro atoms. The van der Waals surface area contributed by atoms with Crippen molar-refractivity contribution in [1.29, 1.82) is 0 Å². The third-order valence-electron chi connectivity index (χ3n) is 3.86. The average molecular weight is 167 g/mol. The molecular formula is C10H17NO. The zero-order valence-corrected chi connectivity index (χ0v) is 8.29. The Balaban J connectivity index is 2.24. The summed E-state index contributed by atoms with van der Waals surface area (Å²) in [6.07, 6.45) is 1.18. The minimum absolute atomic E-state index is 0.286. The molecule has 2 heterocycles. The van der Waals surface area contributed by atoms with Crippen LogP contribution in [-0.2, 0) is 4.79 Å². The van der Waals surface area contributed by atoms with Crippen molar-refractivity contribution in [3.8, 4) is 0 Å². The van der Waals surface area contributed by atoms with E-state index in [0.29, 0.717) is 23.4 Å². The number of rotatable bonds is 0. The van der Waals surface area contributed by atoms with E-state index in [1.54, 1.807) is 0 Å².